The molecule has 0 amide bonds. The average molecular weight is 137 g/mol. The van der Waals surface area contributed by atoms with Crippen LogP contribution in [-0.4, -0.2) is 11.7 Å². The topological polar surface area (TPSA) is 50.9 Å². The Morgan fingerprint density at radius 2 is 2.40 bits per heavy atom. The fourth-order valence-electron chi connectivity index (χ4n) is 0.746. The molecule has 0 aliphatic rings. The standard InChI is InChI=1S/C7H11N3/c1-6-3-2-4-7(10-6)9-5-8/h2-4H,5,8H2,1H3,(H,9,10). The van der Waals surface area contributed by atoms with E-state index in [0.29, 0.717) is 6.67 Å². The molecule has 54 valence electrons. The van der Waals surface area contributed by atoms with Crippen molar-refractivity contribution in [2.75, 3.05) is 12.0 Å². The molecule has 1 aromatic heterocycles. The molecule has 0 radical (unpaired) electrons. The third-order valence-corrected chi connectivity index (χ3v) is 1.17. The maximum absolute atomic E-state index is 5.26. The molecule has 10 heavy (non-hydrogen) atoms. The second-order valence-corrected chi connectivity index (χ2v) is 2.05. The zero-order chi connectivity index (χ0) is 7.40. The molecular formula is C7H11N3. The Labute approximate surface area is 60.3 Å². The lowest BCUT2D eigenvalue weighted by atomic mass is 10.4. The van der Waals surface area contributed by atoms with Gasteiger partial charge in [0.15, 0.2) is 0 Å². The Balaban J connectivity index is 2.75. The van der Waals surface area contributed by atoms with E-state index in [2.05, 4.69) is 10.3 Å². The van der Waals surface area contributed by atoms with Gasteiger partial charge in [-0.25, -0.2) is 4.98 Å². The van der Waals surface area contributed by atoms with Gasteiger partial charge in [-0.2, -0.15) is 0 Å². The lowest BCUT2D eigenvalue weighted by Crippen LogP contribution is -2.11. The van der Waals surface area contributed by atoms with Crippen LogP contribution in [0, 0.1) is 6.92 Å². The number of nitrogens with two attached hydrogens (primary N) is 1. The summed E-state index contributed by atoms with van der Waals surface area (Å²) in [5.74, 6) is 0.836. The van der Waals surface area contributed by atoms with E-state index >= 15 is 0 Å². The van der Waals surface area contributed by atoms with Crippen LogP contribution in [0.25, 0.3) is 0 Å². The quantitative estimate of drug-likeness (QED) is 0.590. The first-order valence-electron chi connectivity index (χ1n) is 3.20. The molecule has 1 aromatic rings. The van der Waals surface area contributed by atoms with Crippen molar-refractivity contribution in [2.45, 2.75) is 6.92 Å². The van der Waals surface area contributed by atoms with Crippen LogP contribution in [0.15, 0.2) is 18.2 Å². The van der Waals surface area contributed by atoms with Gasteiger partial charge in [0, 0.05) is 5.69 Å². The third kappa shape index (κ3) is 1.70. The van der Waals surface area contributed by atoms with E-state index < -0.39 is 0 Å². The van der Waals surface area contributed by atoms with Crippen LogP contribution in [0.4, 0.5) is 5.82 Å². The van der Waals surface area contributed by atoms with Crippen molar-refractivity contribution in [3.05, 3.63) is 23.9 Å². The van der Waals surface area contributed by atoms with Crippen molar-refractivity contribution in [3.8, 4) is 0 Å². The minimum absolute atomic E-state index is 0.427. The highest BCUT2D eigenvalue weighted by Crippen LogP contribution is 2.01. The fraction of sp³-hybridized carbons (Fsp3) is 0.286. The summed E-state index contributed by atoms with van der Waals surface area (Å²) in [6.45, 7) is 2.37. The van der Waals surface area contributed by atoms with E-state index in [1.807, 2.05) is 25.1 Å². The summed E-state index contributed by atoms with van der Waals surface area (Å²) in [6, 6.07) is 5.78. The summed E-state index contributed by atoms with van der Waals surface area (Å²) in [5.41, 5.74) is 6.26. The van der Waals surface area contributed by atoms with Gasteiger partial charge in [0.05, 0.1) is 6.67 Å². The highest BCUT2D eigenvalue weighted by molar-refractivity contribution is 5.34. The molecule has 0 fully saturated rings. The van der Waals surface area contributed by atoms with Gasteiger partial charge in [-0.1, -0.05) is 6.07 Å². The average Bonchev–Trinajstić information content (AvgIpc) is 1.88. The number of aryl methyl sites for hydroxylation is 1. The summed E-state index contributed by atoms with van der Waals surface area (Å²) in [6.07, 6.45) is 0. The van der Waals surface area contributed by atoms with Crippen molar-refractivity contribution < 1.29 is 0 Å². The van der Waals surface area contributed by atoms with Gasteiger partial charge < -0.3 is 11.1 Å². The third-order valence-electron chi connectivity index (χ3n) is 1.17. The number of hydrogen-bond donors (Lipinski definition) is 2. The molecule has 0 spiro atoms. The van der Waals surface area contributed by atoms with E-state index in [1.165, 1.54) is 0 Å². The summed E-state index contributed by atoms with van der Waals surface area (Å²) >= 11 is 0. The monoisotopic (exact) mass is 137 g/mol. The van der Waals surface area contributed by atoms with Gasteiger partial charge in [0.1, 0.15) is 5.82 Å². The smallest absolute Gasteiger partial charge is 0.127 e. The van der Waals surface area contributed by atoms with Crippen LogP contribution in [-0.2, 0) is 0 Å². The molecule has 3 N–H and O–H groups in total. The molecule has 0 saturated carbocycles. The maximum atomic E-state index is 5.26. The summed E-state index contributed by atoms with van der Waals surface area (Å²) < 4.78 is 0. The normalized spacial score (nSPS) is 9.40. The van der Waals surface area contributed by atoms with Gasteiger partial charge in [0.25, 0.3) is 0 Å². The lowest BCUT2D eigenvalue weighted by Gasteiger charge is -2.00. The van der Waals surface area contributed by atoms with Crippen LogP contribution in [0.5, 0.6) is 0 Å². The molecule has 0 saturated heterocycles. The van der Waals surface area contributed by atoms with Crippen LogP contribution >= 0.6 is 0 Å². The SMILES string of the molecule is Cc1cccc(NCN)n1. The minimum Gasteiger partial charge on any atom is -0.358 e. The zero-order valence-corrected chi connectivity index (χ0v) is 5.96. The van der Waals surface area contributed by atoms with Crippen molar-refractivity contribution in [1.82, 2.24) is 4.98 Å². The van der Waals surface area contributed by atoms with E-state index in [-0.39, 0.29) is 0 Å². The maximum Gasteiger partial charge on any atom is 0.127 e. The van der Waals surface area contributed by atoms with Gasteiger partial charge in [0.2, 0.25) is 0 Å². The van der Waals surface area contributed by atoms with E-state index in [1.54, 1.807) is 0 Å². The van der Waals surface area contributed by atoms with Gasteiger partial charge in [-0.3, -0.25) is 0 Å². The molecule has 0 atom stereocenters. The molecular weight excluding hydrogens is 126 g/mol. The molecule has 0 aliphatic heterocycles. The fourth-order valence-corrected chi connectivity index (χ4v) is 0.746. The van der Waals surface area contributed by atoms with Crippen LogP contribution in [0.2, 0.25) is 0 Å². The molecule has 1 heterocycles. The summed E-state index contributed by atoms with van der Waals surface area (Å²) in [7, 11) is 0. The zero-order valence-electron chi connectivity index (χ0n) is 5.96. The molecule has 1 rings (SSSR count). The van der Waals surface area contributed by atoms with Crippen LogP contribution in [0.3, 0.4) is 0 Å². The van der Waals surface area contributed by atoms with Crippen LogP contribution < -0.4 is 11.1 Å². The van der Waals surface area contributed by atoms with Crippen molar-refractivity contribution in [1.29, 1.82) is 0 Å². The number of rotatable bonds is 2. The first-order chi connectivity index (χ1) is 4.83. The lowest BCUT2D eigenvalue weighted by molar-refractivity contribution is 1.09. The number of hydrogen-bond acceptors (Lipinski definition) is 3. The second-order valence-electron chi connectivity index (χ2n) is 2.05. The van der Waals surface area contributed by atoms with Gasteiger partial charge >= 0.3 is 0 Å². The Morgan fingerprint density at radius 3 is 3.00 bits per heavy atom. The number of aromatic nitrogens is 1. The molecule has 0 bridgehead atoms. The molecule has 3 nitrogen and oxygen atoms in total. The van der Waals surface area contributed by atoms with Gasteiger partial charge in [-0.05, 0) is 19.1 Å². The Bertz CT molecular complexity index is 210. The van der Waals surface area contributed by atoms with E-state index in [9.17, 15) is 0 Å². The highest BCUT2D eigenvalue weighted by atomic mass is 15.0. The largest absolute Gasteiger partial charge is 0.358 e. The first-order valence-corrected chi connectivity index (χ1v) is 3.20. The van der Waals surface area contributed by atoms with Gasteiger partial charge in [-0.15, -0.1) is 0 Å². The minimum atomic E-state index is 0.427. The molecule has 0 aromatic carbocycles. The summed E-state index contributed by atoms with van der Waals surface area (Å²) in [4.78, 5) is 4.17. The summed E-state index contributed by atoms with van der Waals surface area (Å²) in [5, 5.41) is 2.92. The van der Waals surface area contributed by atoms with E-state index in [0.717, 1.165) is 11.5 Å². The molecule has 0 unspecified atom stereocenters. The molecule has 0 aliphatic carbocycles. The number of nitrogens with zero attached hydrogens (tertiary/aromatic N) is 1. The Hall–Kier alpha value is -1.09. The number of nitrogens with one attached hydrogen (secondary N) is 1. The number of anilines is 1. The van der Waals surface area contributed by atoms with Crippen LogP contribution in [0.1, 0.15) is 5.69 Å². The Morgan fingerprint density at radius 1 is 1.60 bits per heavy atom. The van der Waals surface area contributed by atoms with Crippen molar-refractivity contribution >= 4 is 5.82 Å². The first kappa shape index (κ1) is 7.02. The van der Waals surface area contributed by atoms with E-state index in [4.69, 9.17) is 5.73 Å². The van der Waals surface area contributed by atoms with Crippen molar-refractivity contribution in [2.24, 2.45) is 5.73 Å². The molecule has 3 heteroatoms. The highest BCUT2D eigenvalue weighted by Gasteiger charge is 1.88. The predicted molar refractivity (Wildman–Crippen MR) is 41.7 cm³/mol. The Kier molecular flexibility index (Phi) is 2.23. The number of pyridine rings is 1. The predicted octanol–water partition coefficient (Wildman–Crippen LogP) is 0.718. The van der Waals surface area contributed by atoms with Crippen molar-refractivity contribution in [3.63, 3.8) is 0 Å². The second kappa shape index (κ2) is 3.17.